The second kappa shape index (κ2) is 13.6. The van der Waals surface area contributed by atoms with Gasteiger partial charge in [0.15, 0.2) is 5.96 Å². The van der Waals surface area contributed by atoms with Crippen LogP contribution in [0.4, 0.5) is 0 Å². The quantitative estimate of drug-likeness (QED) is 0.233. The smallest absolute Gasteiger partial charge is 0.191 e. The molecule has 2 aromatic rings. The second-order valence-corrected chi connectivity index (χ2v) is 6.10. The Balaban J connectivity index is 0.00000364. The van der Waals surface area contributed by atoms with Crippen molar-refractivity contribution in [2.45, 2.75) is 20.0 Å². The van der Waals surface area contributed by atoms with Crippen LogP contribution in [-0.2, 0) is 17.8 Å². The third-order valence-corrected chi connectivity index (χ3v) is 3.80. The lowest BCUT2D eigenvalue weighted by atomic mass is 10.2. The van der Waals surface area contributed by atoms with Crippen LogP contribution in [0.5, 0.6) is 5.75 Å². The first-order valence-corrected chi connectivity index (χ1v) is 9.06. The predicted molar refractivity (Wildman–Crippen MR) is 122 cm³/mol. The fourth-order valence-corrected chi connectivity index (χ4v) is 2.53. The van der Waals surface area contributed by atoms with Crippen molar-refractivity contribution in [3.05, 3.63) is 64.7 Å². The third-order valence-electron chi connectivity index (χ3n) is 3.57. The standard InChI is InChI=1S/C20H26ClN3O2.HI/c1-3-22-20(23-14-16-6-4-8-18(21)12-16)24-15-17-7-5-9-19(13-17)26-11-10-25-2;/h4-9,12-13H,3,10-11,14-15H2,1-2H3,(H2,22,23,24);1H. The summed E-state index contributed by atoms with van der Waals surface area (Å²) in [6.07, 6.45) is 0. The molecule has 2 aromatic carbocycles. The summed E-state index contributed by atoms with van der Waals surface area (Å²) in [5, 5.41) is 7.32. The molecule has 0 radical (unpaired) electrons. The molecule has 0 saturated heterocycles. The molecule has 0 unspecified atom stereocenters. The third kappa shape index (κ3) is 9.30. The van der Waals surface area contributed by atoms with Crippen molar-refractivity contribution in [3.8, 4) is 5.75 Å². The normalized spacial score (nSPS) is 10.9. The highest BCUT2D eigenvalue weighted by Crippen LogP contribution is 2.13. The molecule has 0 spiro atoms. The maximum atomic E-state index is 6.02. The molecule has 0 heterocycles. The fourth-order valence-electron chi connectivity index (χ4n) is 2.32. The number of hydrogen-bond acceptors (Lipinski definition) is 3. The monoisotopic (exact) mass is 503 g/mol. The van der Waals surface area contributed by atoms with Gasteiger partial charge in [-0.3, -0.25) is 0 Å². The number of nitrogens with one attached hydrogen (secondary N) is 2. The molecule has 0 bridgehead atoms. The molecule has 0 saturated carbocycles. The van der Waals surface area contributed by atoms with E-state index in [1.165, 1.54) is 0 Å². The lowest BCUT2D eigenvalue weighted by Crippen LogP contribution is -2.36. The number of methoxy groups -OCH3 is 1. The summed E-state index contributed by atoms with van der Waals surface area (Å²) in [5.74, 6) is 1.60. The molecule has 5 nitrogen and oxygen atoms in total. The predicted octanol–water partition coefficient (Wildman–Crippen LogP) is 4.24. The molecular weight excluding hydrogens is 477 g/mol. The Morgan fingerprint density at radius 3 is 2.56 bits per heavy atom. The lowest BCUT2D eigenvalue weighted by molar-refractivity contribution is 0.146. The van der Waals surface area contributed by atoms with Crippen LogP contribution >= 0.6 is 35.6 Å². The Labute approximate surface area is 183 Å². The van der Waals surface area contributed by atoms with Gasteiger partial charge < -0.3 is 20.1 Å². The van der Waals surface area contributed by atoms with E-state index < -0.39 is 0 Å². The van der Waals surface area contributed by atoms with Crippen LogP contribution in [0, 0.1) is 0 Å². The van der Waals surface area contributed by atoms with Crippen molar-refractivity contribution in [1.82, 2.24) is 10.6 Å². The number of aliphatic imine (C=N–C) groups is 1. The van der Waals surface area contributed by atoms with E-state index in [1.807, 2.05) is 49.4 Å². The van der Waals surface area contributed by atoms with Crippen LogP contribution < -0.4 is 15.4 Å². The Kier molecular flexibility index (Phi) is 11.9. The molecule has 0 aromatic heterocycles. The maximum absolute atomic E-state index is 6.02. The van der Waals surface area contributed by atoms with Gasteiger partial charge in [-0.15, -0.1) is 24.0 Å². The molecule has 148 valence electrons. The molecule has 7 heteroatoms. The molecule has 0 atom stereocenters. The first-order chi connectivity index (χ1) is 12.7. The highest BCUT2D eigenvalue weighted by Gasteiger charge is 2.01. The summed E-state index contributed by atoms with van der Waals surface area (Å²) in [4.78, 5) is 4.61. The van der Waals surface area contributed by atoms with Crippen molar-refractivity contribution in [1.29, 1.82) is 0 Å². The SMILES string of the molecule is CCNC(=NCc1cccc(Cl)c1)NCc1cccc(OCCOC)c1.I. The van der Waals surface area contributed by atoms with E-state index in [4.69, 9.17) is 21.1 Å². The average molecular weight is 504 g/mol. The van der Waals surface area contributed by atoms with Crippen LogP contribution in [-0.4, -0.2) is 32.8 Å². The zero-order valence-electron chi connectivity index (χ0n) is 15.7. The molecule has 2 rings (SSSR count). The fraction of sp³-hybridized carbons (Fsp3) is 0.350. The highest BCUT2D eigenvalue weighted by atomic mass is 127. The number of rotatable bonds is 9. The molecule has 0 aliphatic heterocycles. The molecule has 27 heavy (non-hydrogen) atoms. The van der Waals surface area contributed by atoms with E-state index in [2.05, 4.69) is 21.7 Å². The lowest BCUT2D eigenvalue weighted by Gasteiger charge is -2.12. The van der Waals surface area contributed by atoms with Crippen molar-refractivity contribution in [2.75, 3.05) is 26.9 Å². The van der Waals surface area contributed by atoms with Gasteiger partial charge in [0.1, 0.15) is 12.4 Å². The minimum atomic E-state index is 0. The van der Waals surface area contributed by atoms with Crippen LogP contribution in [0.25, 0.3) is 0 Å². The van der Waals surface area contributed by atoms with E-state index >= 15 is 0 Å². The zero-order valence-corrected chi connectivity index (χ0v) is 18.8. The van der Waals surface area contributed by atoms with Gasteiger partial charge in [-0.1, -0.05) is 35.9 Å². The van der Waals surface area contributed by atoms with E-state index in [1.54, 1.807) is 7.11 Å². The van der Waals surface area contributed by atoms with Crippen LogP contribution in [0.1, 0.15) is 18.1 Å². The Bertz CT molecular complexity index is 713. The first kappa shape index (κ1) is 23.5. The molecule has 2 N–H and O–H groups in total. The number of hydrogen-bond donors (Lipinski definition) is 2. The van der Waals surface area contributed by atoms with Crippen molar-refractivity contribution in [3.63, 3.8) is 0 Å². The summed E-state index contributed by atoms with van der Waals surface area (Å²) in [7, 11) is 1.66. The minimum absolute atomic E-state index is 0. The van der Waals surface area contributed by atoms with E-state index in [9.17, 15) is 0 Å². The molecule has 0 aliphatic carbocycles. The van der Waals surface area contributed by atoms with E-state index in [0.717, 1.165) is 34.4 Å². The maximum Gasteiger partial charge on any atom is 0.191 e. The summed E-state index contributed by atoms with van der Waals surface area (Å²) in [5.41, 5.74) is 2.19. The van der Waals surface area contributed by atoms with Crippen molar-refractivity contribution < 1.29 is 9.47 Å². The van der Waals surface area contributed by atoms with Gasteiger partial charge in [-0.25, -0.2) is 4.99 Å². The van der Waals surface area contributed by atoms with E-state index in [-0.39, 0.29) is 24.0 Å². The summed E-state index contributed by atoms with van der Waals surface area (Å²) >= 11 is 6.02. The number of guanidine groups is 1. The van der Waals surface area contributed by atoms with Crippen LogP contribution in [0.2, 0.25) is 5.02 Å². The number of ether oxygens (including phenoxy) is 2. The number of halogens is 2. The average Bonchev–Trinajstić information content (AvgIpc) is 2.65. The van der Waals surface area contributed by atoms with Gasteiger partial charge in [0.2, 0.25) is 0 Å². The Morgan fingerprint density at radius 2 is 1.81 bits per heavy atom. The van der Waals surface area contributed by atoms with Gasteiger partial charge in [-0.2, -0.15) is 0 Å². The van der Waals surface area contributed by atoms with E-state index in [0.29, 0.717) is 26.3 Å². The van der Waals surface area contributed by atoms with Gasteiger partial charge in [-0.05, 0) is 42.3 Å². The number of benzene rings is 2. The van der Waals surface area contributed by atoms with Gasteiger partial charge in [0.05, 0.1) is 13.2 Å². The van der Waals surface area contributed by atoms with Crippen LogP contribution in [0.3, 0.4) is 0 Å². The summed E-state index contributed by atoms with van der Waals surface area (Å²) < 4.78 is 10.6. The Morgan fingerprint density at radius 1 is 1.04 bits per heavy atom. The zero-order chi connectivity index (χ0) is 18.6. The molecular formula is C20H27ClIN3O2. The first-order valence-electron chi connectivity index (χ1n) is 8.68. The largest absolute Gasteiger partial charge is 0.491 e. The molecule has 0 fully saturated rings. The Hall–Kier alpha value is -1.51. The van der Waals surface area contributed by atoms with Gasteiger partial charge >= 0.3 is 0 Å². The molecule has 0 amide bonds. The van der Waals surface area contributed by atoms with Gasteiger partial charge in [0, 0.05) is 25.2 Å². The minimum Gasteiger partial charge on any atom is -0.491 e. The van der Waals surface area contributed by atoms with Crippen molar-refractivity contribution >= 4 is 41.5 Å². The topological polar surface area (TPSA) is 54.9 Å². The van der Waals surface area contributed by atoms with Crippen LogP contribution in [0.15, 0.2) is 53.5 Å². The second-order valence-electron chi connectivity index (χ2n) is 5.67. The molecule has 0 aliphatic rings. The highest BCUT2D eigenvalue weighted by molar-refractivity contribution is 14.0. The summed E-state index contributed by atoms with van der Waals surface area (Å²) in [6.45, 7) is 5.17. The van der Waals surface area contributed by atoms with Gasteiger partial charge in [0.25, 0.3) is 0 Å². The summed E-state index contributed by atoms with van der Waals surface area (Å²) in [6, 6.07) is 15.7. The number of nitrogens with zero attached hydrogens (tertiary/aromatic N) is 1. The van der Waals surface area contributed by atoms with Crippen molar-refractivity contribution in [2.24, 2.45) is 4.99 Å².